The van der Waals surface area contributed by atoms with Crippen molar-refractivity contribution in [2.24, 2.45) is 0 Å². The number of para-hydroxylation sites is 1. The van der Waals surface area contributed by atoms with Crippen LogP contribution in [0.15, 0.2) is 54.6 Å². The molecule has 0 spiro atoms. The van der Waals surface area contributed by atoms with Gasteiger partial charge in [-0.15, -0.1) is 0 Å². The van der Waals surface area contributed by atoms with Gasteiger partial charge in [0, 0.05) is 17.5 Å². The maximum atomic E-state index is 13.0. The van der Waals surface area contributed by atoms with E-state index in [4.69, 9.17) is 4.98 Å². The number of rotatable bonds is 10. The summed E-state index contributed by atoms with van der Waals surface area (Å²) in [6.45, 7) is 5.04. The number of hydrogen-bond donors (Lipinski definition) is 1. The number of carbonyl (C=O) groups is 1. The summed E-state index contributed by atoms with van der Waals surface area (Å²) in [7, 11) is 0. The van der Waals surface area contributed by atoms with Crippen LogP contribution in [-0.2, 0) is 0 Å². The van der Waals surface area contributed by atoms with Crippen LogP contribution in [0, 0.1) is 6.92 Å². The summed E-state index contributed by atoms with van der Waals surface area (Å²) < 4.78 is 0. The number of unbranched alkanes of at least 4 members (excludes halogenated alkanes) is 6. The molecule has 3 nitrogen and oxygen atoms in total. The fraction of sp³-hybridized carbons (Fsp3) is 0.385. The van der Waals surface area contributed by atoms with E-state index in [1.54, 1.807) is 0 Å². The number of aromatic nitrogens is 1. The van der Waals surface area contributed by atoms with Crippen LogP contribution in [0.2, 0.25) is 0 Å². The largest absolute Gasteiger partial charge is 0.352 e. The van der Waals surface area contributed by atoms with Gasteiger partial charge < -0.3 is 5.32 Å². The second-order valence-electron chi connectivity index (χ2n) is 7.76. The third-order valence-electron chi connectivity index (χ3n) is 5.45. The van der Waals surface area contributed by atoms with E-state index in [-0.39, 0.29) is 5.91 Å². The molecule has 0 fully saturated rings. The van der Waals surface area contributed by atoms with Crippen LogP contribution < -0.4 is 5.32 Å². The zero-order valence-electron chi connectivity index (χ0n) is 17.7. The molecular weight excluding hydrogens is 356 g/mol. The maximum Gasteiger partial charge on any atom is 0.252 e. The first-order chi connectivity index (χ1) is 14.2. The van der Waals surface area contributed by atoms with Crippen molar-refractivity contribution in [1.29, 1.82) is 0 Å². The topological polar surface area (TPSA) is 42.0 Å². The minimum atomic E-state index is -0.00980. The SMILES string of the molecule is CCCCCCCCCNC(=O)c1cc(-c2ccccc2C)nc2ccccc12. The van der Waals surface area contributed by atoms with Crippen LogP contribution in [0.3, 0.4) is 0 Å². The minimum Gasteiger partial charge on any atom is -0.352 e. The standard InChI is InChI=1S/C26H32N2O/c1-3-4-5-6-7-8-13-18-27-26(29)23-19-25(21-15-10-9-14-20(21)2)28-24-17-12-11-16-22(23)24/h9-12,14-17,19H,3-8,13,18H2,1-2H3,(H,27,29). The number of fused-ring (bicyclic) bond motifs is 1. The van der Waals surface area contributed by atoms with Crippen molar-refractivity contribution in [2.45, 2.75) is 58.8 Å². The molecule has 0 aliphatic heterocycles. The van der Waals surface area contributed by atoms with Crippen molar-refractivity contribution >= 4 is 16.8 Å². The van der Waals surface area contributed by atoms with Crippen LogP contribution in [0.25, 0.3) is 22.2 Å². The first-order valence-electron chi connectivity index (χ1n) is 10.9. The molecule has 1 N–H and O–H groups in total. The van der Waals surface area contributed by atoms with Gasteiger partial charge in [0.15, 0.2) is 0 Å². The highest BCUT2D eigenvalue weighted by Gasteiger charge is 2.14. The smallest absolute Gasteiger partial charge is 0.252 e. The van der Waals surface area contributed by atoms with Crippen molar-refractivity contribution in [2.75, 3.05) is 6.54 Å². The number of benzene rings is 2. The third kappa shape index (κ3) is 5.66. The number of pyridine rings is 1. The Morgan fingerprint density at radius 1 is 0.897 bits per heavy atom. The minimum absolute atomic E-state index is 0.00980. The molecule has 1 heterocycles. The Hall–Kier alpha value is -2.68. The predicted octanol–water partition coefficient (Wildman–Crippen LogP) is 6.69. The lowest BCUT2D eigenvalue weighted by molar-refractivity contribution is 0.0954. The van der Waals surface area contributed by atoms with Crippen LogP contribution in [0.4, 0.5) is 0 Å². The molecule has 0 bridgehead atoms. The summed E-state index contributed by atoms with van der Waals surface area (Å²) in [5, 5.41) is 4.02. The van der Waals surface area contributed by atoms with Gasteiger partial charge in [-0.1, -0.05) is 87.9 Å². The lowest BCUT2D eigenvalue weighted by Crippen LogP contribution is -2.24. The highest BCUT2D eigenvalue weighted by atomic mass is 16.1. The van der Waals surface area contributed by atoms with Gasteiger partial charge in [-0.25, -0.2) is 4.98 Å². The van der Waals surface area contributed by atoms with Gasteiger partial charge in [-0.3, -0.25) is 4.79 Å². The second kappa shape index (κ2) is 10.8. The molecule has 1 aromatic heterocycles. The van der Waals surface area contributed by atoms with Gasteiger partial charge >= 0.3 is 0 Å². The predicted molar refractivity (Wildman–Crippen MR) is 122 cm³/mol. The lowest BCUT2D eigenvalue weighted by Gasteiger charge is -2.12. The Labute approximate surface area is 174 Å². The first kappa shape index (κ1) is 21.0. The summed E-state index contributed by atoms with van der Waals surface area (Å²) in [5.74, 6) is -0.00980. The van der Waals surface area contributed by atoms with Crippen LogP contribution in [0.1, 0.15) is 67.8 Å². The van der Waals surface area contributed by atoms with Crippen molar-refractivity contribution in [3.05, 3.63) is 65.7 Å². The molecule has 0 saturated heterocycles. The average molecular weight is 389 g/mol. The number of hydrogen-bond acceptors (Lipinski definition) is 2. The van der Waals surface area contributed by atoms with Crippen molar-refractivity contribution in [3.63, 3.8) is 0 Å². The van der Waals surface area contributed by atoms with Gasteiger partial charge in [0.2, 0.25) is 0 Å². The maximum absolute atomic E-state index is 13.0. The Kier molecular flexibility index (Phi) is 7.80. The Bertz CT molecular complexity index is 948. The highest BCUT2D eigenvalue weighted by Crippen LogP contribution is 2.27. The normalized spacial score (nSPS) is 11.0. The van der Waals surface area contributed by atoms with E-state index in [0.717, 1.165) is 40.7 Å². The van der Waals surface area contributed by atoms with E-state index in [0.29, 0.717) is 5.56 Å². The van der Waals surface area contributed by atoms with Crippen molar-refractivity contribution in [3.8, 4) is 11.3 Å². The highest BCUT2D eigenvalue weighted by molar-refractivity contribution is 6.07. The van der Waals surface area contributed by atoms with E-state index in [2.05, 4.69) is 31.3 Å². The van der Waals surface area contributed by atoms with Crippen LogP contribution in [-0.4, -0.2) is 17.4 Å². The van der Waals surface area contributed by atoms with Gasteiger partial charge in [0.1, 0.15) is 0 Å². The molecule has 0 atom stereocenters. The molecule has 3 aromatic rings. The van der Waals surface area contributed by atoms with E-state index >= 15 is 0 Å². The quantitative estimate of drug-likeness (QED) is 0.393. The molecule has 3 rings (SSSR count). The third-order valence-corrected chi connectivity index (χ3v) is 5.45. The summed E-state index contributed by atoms with van der Waals surface area (Å²) in [4.78, 5) is 17.8. The summed E-state index contributed by atoms with van der Waals surface area (Å²) >= 11 is 0. The van der Waals surface area contributed by atoms with Gasteiger partial charge in [-0.2, -0.15) is 0 Å². The molecule has 0 saturated carbocycles. The lowest BCUT2D eigenvalue weighted by atomic mass is 10.0. The number of aryl methyl sites for hydroxylation is 1. The summed E-state index contributed by atoms with van der Waals surface area (Å²) in [6, 6.07) is 18.0. The molecule has 0 aliphatic carbocycles. The zero-order valence-corrected chi connectivity index (χ0v) is 17.7. The first-order valence-corrected chi connectivity index (χ1v) is 10.9. The van der Waals surface area contributed by atoms with E-state index in [1.807, 2.05) is 42.5 Å². The number of carbonyl (C=O) groups excluding carboxylic acids is 1. The molecular formula is C26H32N2O. The Morgan fingerprint density at radius 2 is 1.59 bits per heavy atom. The Morgan fingerprint density at radius 3 is 2.38 bits per heavy atom. The number of nitrogens with zero attached hydrogens (tertiary/aromatic N) is 1. The van der Waals surface area contributed by atoms with E-state index < -0.39 is 0 Å². The molecule has 0 radical (unpaired) electrons. The zero-order chi connectivity index (χ0) is 20.5. The molecule has 1 amide bonds. The number of amides is 1. The van der Waals surface area contributed by atoms with Gasteiger partial charge in [0.05, 0.1) is 16.8 Å². The molecule has 3 heteroatoms. The van der Waals surface area contributed by atoms with Gasteiger partial charge in [-0.05, 0) is 31.0 Å². The fourth-order valence-corrected chi connectivity index (χ4v) is 3.74. The summed E-state index contributed by atoms with van der Waals surface area (Å²) in [5.41, 5.74) is 4.64. The van der Waals surface area contributed by atoms with Crippen molar-refractivity contribution < 1.29 is 4.79 Å². The van der Waals surface area contributed by atoms with E-state index in [9.17, 15) is 4.79 Å². The monoisotopic (exact) mass is 388 g/mol. The van der Waals surface area contributed by atoms with Crippen LogP contribution in [0.5, 0.6) is 0 Å². The molecule has 2 aromatic carbocycles. The fourth-order valence-electron chi connectivity index (χ4n) is 3.74. The second-order valence-corrected chi connectivity index (χ2v) is 7.76. The molecule has 0 aliphatic rings. The number of nitrogens with one attached hydrogen (secondary N) is 1. The molecule has 152 valence electrons. The summed E-state index contributed by atoms with van der Waals surface area (Å²) in [6.07, 6.45) is 8.70. The van der Waals surface area contributed by atoms with Crippen LogP contribution >= 0.6 is 0 Å². The molecule has 29 heavy (non-hydrogen) atoms. The Balaban J connectivity index is 1.71. The molecule has 0 unspecified atom stereocenters. The van der Waals surface area contributed by atoms with Gasteiger partial charge in [0.25, 0.3) is 5.91 Å². The van der Waals surface area contributed by atoms with E-state index in [1.165, 1.54) is 38.5 Å². The van der Waals surface area contributed by atoms with Crippen molar-refractivity contribution in [1.82, 2.24) is 10.3 Å². The average Bonchev–Trinajstić information content (AvgIpc) is 2.75.